The monoisotopic (exact) mass is 641 g/mol. The van der Waals surface area contributed by atoms with Crippen molar-refractivity contribution >= 4 is 17.3 Å². The Hall–Kier alpha value is -1.27. The number of carbonyl (C=O) groups excluding carboxylic acids is 3. The molecular weight excluding hydrogens is 581 g/mol. The largest absolute Gasteiger partial charge is 0.512 e. The molecule has 0 saturated heterocycles. The Morgan fingerprint density at radius 1 is 0.350 bits per heavy atom. The first kappa shape index (κ1) is 45.7. The van der Waals surface area contributed by atoms with E-state index in [1.165, 1.54) is 18.2 Å². The van der Waals surface area contributed by atoms with Crippen molar-refractivity contribution in [3.63, 3.8) is 0 Å². The van der Waals surface area contributed by atoms with E-state index >= 15 is 0 Å². The van der Waals surface area contributed by atoms with Crippen LogP contribution in [0.5, 0.6) is 0 Å². The fourth-order valence-electron chi connectivity index (χ4n) is 1.67. The quantitative estimate of drug-likeness (QED) is 0.209. The summed E-state index contributed by atoms with van der Waals surface area (Å²) in [6, 6.07) is 0. The van der Waals surface area contributed by atoms with E-state index in [-0.39, 0.29) is 83.6 Å². The molecule has 0 saturated carbocycles. The Morgan fingerprint density at radius 2 is 0.475 bits per heavy atom. The van der Waals surface area contributed by atoms with E-state index < -0.39 is 16.2 Å². The van der Waals surface area contributed by atoms with Gasteiger partial charge >= 0.3 is 0 Å². The Bertz CT molecular complexity index is 801. The molecule has 0 aromatic rings. The van der Waals surface area contributed by atoms with E-state index in [4.69, 9.17) is 0 Å². The zero-order valence-electron chi connectivity index (χ0n) is 28.9. The molecule has 0 aliphatic heterocycles. The van der Waals surface area contributed by atoms with E-state index in [1.807, 2.05) is 125 Å². The van der Waals surface area contributed by atoms with Gasteiger partial charge < -0.3 is 15.3 Å². The topological polar surface area (TPSA) is 112 Å². The van der Waals surface area contributed by atoms with Gasteiger partial charge in [-0.25, -0.2) is 0 Å². The summed E-state index contributed by atoms with van der Waals surface area (Å²) in [6.45, 7) is 33.3. The first-order valence-electron chi connectivity index (χ1n) is 13.5. The SMILES string of the molecule is CC(C)(C)C(=O)C=C(O)C(C)(C)C.CC(C)(C)C(=O)C=C(O)C(C)(C)C.CC(C)(C)C(=O)C=C(O)C(C)(C)C.[Y]. The Kier molecular flexibility index (Phi) is 18.7. The van der Waals surface area contributed by atoms with E-state index in [0.29, 0.717) is 0 Å². The van der Waals surface area contributed by atoms with Crippen molar-refractivity contribution in [1.29, 1.82) is 0 Å². The molecule has 7 heteroatoms. The van der Waals surface area contributed by atoms with Gasteiger partial charge in [0.1, 0.15) is 17.3 Å². The minimum atomic E-state index is -0.417. The van der Waals surface area contributed by atoms with Crippen LogP contribution in [0.1, 0.15) is 125 Å². The van der Waals surface area contributed by atoms with Gasteiger partial charge in [0.25, 0.3) is 0 Å². The third-order valence-corrected chi connectivity index (χ3v) is 5.33. The van der Waals surface area contributed by atoms with Crippen molar-refractivity contribution in [3.05, 3.63) is 35.5 Å². The van der Waals surface area contributed by atoms with Gasteiger partial charge in [-0.15, -0.1) is 0 Å². The van der Waals surface area contributed by atoms with Crippen LogP contribution in [0.2, 0.25) is 0 Å². The molecule has 40 heavy (non-hydrogen) atoms. The minimum absolute atomic E-state index is 0. The van der Waals surface area contributed by atoms with Gasteiger partial charge in [-0.3, -0.25) is 14.4 Å². The molecule has 231 valence electrons. The average Bonchev–Trinajstić information content (AvgIpc) is 2.64. The first-order chi connectivity index (χ1) is 16.6. The molecular formula is C33H60O6Y. The smallest absolute Gasteiger partial charge is 0.164 e. The normalized spacial score (nSPS) is 14.1. The van der Waals surface area contributed by atoms with E-state index in [9.17, 15) is 29.7 Å². The molecule has 3 N–H and O–H groups in total. The van der Waals surface area contributed by atoms with Crippen LogP contribution >= 0.6 is 0 Å². The molecule has 0 aromatic heterocycles. The number of hydrogen-bond acceptors (Lipinski definition) is 6. The van der Waals surface area contributed by atoms with Crippen LogP contribution in [0.3, 0.4) is 0 Å². The zero-order valence-corrected chi connectivity index (χ0v) is 31.7. The number of ketones is 3. The summed E-state index contributed by atoms with van der Waals surface area (Å²) in [5.41, 5.74) is -2.29. The second-order valence-corrected chi connectivity index (χ2v) is 16.2. The molecule has 0 aliphatic carbocycles. The van der Waals surface area contributed by atoms with Crippen LogP contribution in [0.4, 0.5) is 0 Å². The fraction of sp³-hybridized carbons (Fsp3) is 0.727. The number of aliphatic hydroxyl groups excluding tert-OH is 3. The molecule has 0 heterocycles. The number of carbonyl (C=O) groups is 3. The number of hydrogen-bond donors (Lipinski definition) is 3. The maximum atomic E-state index is 11.5. The van der Waals surface area contributed by atoms with Crippen molar-refractivity contribution in [3.8, 4) is 0 Å². The molecule has 0 amide bonds. The maximum Gasteiger partial charge on any atom is 0.164 e. The molecule has 6 nitrogen and oxygen atoms in total. The van der Waals surface area contributed by atoms with Crippen LogP contribution in [-0.2, 0) is 47.1 Å². The summed E-state index contributed by atoms with van der Waals surface area (Å²) in [6.07, 6.45) is 4.00. The van der Waals surface area contributed by atoms with Crippen molar-refractivity contribution in [2.24, 2.45) is 32.5 Å². The first-order valence-corrected chi connectivity index (χ1v) is 13.5. The summed E-state index contributed by atoms with van der Waals surface area (Å²) >= 11 is 0. The van der Waals surface area contributed by atoms with Gasteiger partial charge in [-0.1, -0.05) is 125 Å². The summed E-state index contributed by atoms with van der Waals surface area (Å²) in [5.74, 6) is 0.312. The van der Waals surface area contributed by atoms with Gasteiger partial charge in [0.2, 0.25) is 0 Å². The minimum Gasteiger partial charge on any atom is -0.512 e. The standard InChI is InChI=1S/3C11H20O2.Y/c3*1-10(2,3)8(12)7-9(13)11(4,5)6;/h3*7,12H,1-6H3;. The molecule has 0 rings (SSSR count). The summed E-state index contributed by atoms with van der Waals surface area (Å²) < 4.78 is 0. The molecule has 0 aromatic carbocycles. The summed E-state index contributed by atoms with van der Waals surface area (Å²) in [4.78, 5) is 34.5. The Labute approximate surface area is 271 Å². The van der Waals surface area contributed by atoms with Crippen molar-refractivity contribution in [2.45, 2.75) is 125 Å². The fourth-order valence-corrected chi connectivity index (χ4v) is 1.67. The van der Waals surface area contributed by atoms with Gasteiger partial charge in [0.15, 0.2) is 17.3 Å². The molecule has 0 spiro atoms. The van der Waals surface area contributed by atoms with Gasteiger partial charge in [0.05, 0.1) is 0 Å². The predicted octanol–water partition coefficient (Wildman–Crippen LogP) is 9.27. The van der Waals surface area contributed by atoms with E-state index in [1.54, 1.807) is 0 Å². The van der Waals surface area contributed by atoms with Crippen molar-refractivity contribution < 1.29 is 62.4 Å². The maximum absolute atomic E-state index is 11.5. The number of allylic oxidation sites excluding steroid dienone is 6. The summed E-state index contributed by atoms with van der Waals surface area (Å²) in [7, 11) is 0. The van der Waals surface area contributed by atoms with Crippen molar-refractivity contribution in [2.75, 3.05) is 0 Å². The molecule has 0 bridgehead atoms. The number of aliphatic hydroxyl groups is 3. The predicted molar refractivity (Wildman–Crippen MR) is 164 cm³/mol. The second kappa shape index (κ2) is 16.4. The molecule has 1 radical (unpaired) electrons. The second-order valence-electron chi connectivity index (χ2n) is 16.2. The van der Waals surface area contributed by atoms with Crippen molar-refractivity contribution in [1.82, 2.24) is 0 Å². The van der Waals surface area contributed by atoms with Gasteiger partial charge in [-0.05, 0) is 0 Å². The van der Waals surface area contributed by atoms with Crippen LogP contribution in [0, 0.1) is 32.5 Å². The molecule has 0 unspecified atom stereocenters. The molecule has 0 atom stereocenters. The number of rotatable bonds is 3. The zero-order chi connectivity index (χ0) is 32.6. The summed E-state index contributed by atoms with van der Waals surface area (Å²) in [5, 5.41) is 28.7. The van der Waals surface area contributed by atoms with Gasteiger partial charge in [0, 0.05) is 83.4 Å². The molecule has 0 fully saturated rings. The van der Waals surface area contributed by atoms with Crippen LogP contribution in [-0.4, -0.2) is 32.7 Å². The van der Waals surface area contributed by atoms with E-state index in [2.05, 4.69) is 0 Å². The van der Waals surface area contributed by atoms with Crippen LogP contribution in [0.15, 0.2) is 35.5 Å². The molecule has 0 aliphatic rings. The van der Waals surface area contributed by atoms with E-state index in [0.717, 1.165) is 0 Å². The van der Waals surface area contributed by atoms with Crippen LogP contribution < -0.4 is 0 Å². The third kappa shape index (κ3) is 21.5. The third-order valence-electron chi connectivity index (χ3n) is 5.33. The Balaban J connectivity index is -0.000000240. The Morgan fingerprint density at radius 3 is 0.550 bits per heavy atom. The van der Waals surface area contributed by atoms with Gasteiger partial charge in [-0.2, -0.15) is 0 Å². The average molecular weight is 642 g/mol. The van der Waals surface area contributed by atoms with Crippen LogP contribution in [0.25, 0.3) is 0 Å².